The lowest BCUT2D eigenvalue weighted by atomic mass is 10.1. The maximum absolute atomic E-state index is 11.5. The monoisotopic (exact) mass is 310 g/mol. The lowest BCUT2D eigenvalue weighted by Crippen LogP contribution is -2.03. The first kappa shape index (κ1) is 15.0. The molecule has 6 heteroatoms. The van der Waals surface area contributed by atoms with Crippen LogP contribution in [0.3, 0.4) is 0 Å². The fourth-order valence-electron chi connectivity index (χ4n) is 2.47. The van der Waals surface area contributed by atoms with Crippen molar-refractivity contribution in [2.24, 2.45) is 0 Å². The van der Waals surface area contributed by atoms with Crippen molar-refractivity contribution >= 4 is 5.97 Å². The number of carbonyl (C=O) groups is 1. The summed E-state index contributed by atoms with van der Waals surface area (Å²) >= 11 is 0. The number of aromatic amines is 1. The van der Waals surface area contributed by atoms with Gasteiger partial charge in [0.2, 0.25) is 0 Å². The van der Waals surface area contributed by atoms with Crippen molar-refractivity contribution in [3.63, 3.8) is 0 Å². The van der Waals surface area contributed by atoms with E-state index in [9.17, 15) is 4.79 Å². The molecule has 0 radical (unpaired) electrons. The summed E-state index contributed by atoms with van der Waals surface area (Å²) in [5.74, 6) is 1.55. The number of hydrogen-bond acceptors (Lipinski definition) is 4. The van der Waals surface area contributed by atoms with Crippen LogP contribution in [0.25, 0.3) is 11.4 Å². The van der Waals surface area contributed by atoms with E-state index in [1.165, 1.54) is 7.11 Å². The summed E-state index contributed by atoms with van der Waals surface area (Å²) in [6.45, 7) is 0.856. The minimum atomic E-state index is -0.335. The highest BCUT2D eigenvalue weighted by Gasteiger charge is 2.09. The molecule has 2 heterocycles. The van der Waals surface area contributed by atoms with Gasteiger partial charge < -0.3 is 14.3 Å². The molecule has 0 saturated carbocycles. The number of aryl methyl sites for hydroxylation is 2. The summed E-state index contributed by atoms with van der Waals surface area (Å²) in [4.78, 5) is 23.2. The summed E-state index contributed by atoms with van der Waals surface area (Å²) in [6, 6.07) is 7.28. The molecule has 3 aromatic rings. The summed E-state index contributed by atoms with van der Waals surface area (Å²) in [5.41, 5.74) is 1.51. The normalized spacial score (nSPS) is 10.7. The number of nitrogens with zero attached hydrogens (tertiary/aromatic N) is 3. The SMILES string of the molecule is COC(=O)c1ccc(-c2nccn2CCCc2ncc[nH]2)cc1. The molecule has 0 aliphatic carbocycles. The van der Waals surface area contributed by atoms with Crippen LogP contribution in [-0.2, 0) is 17.7 Å². The molecular formula is C17H18N4O2. The van der Waals surface area contributed by atoms with Gasteiger partial charge in [0.05, 0.1) is 12.7 Å². The third-order valence-electron chi connectivity index (χ3n) is 3.65. The molecule has 1 aromatic carbocycles. The average molecular weight is 310 g/mol. The highest BCUT2D eigenvalue weighted by Crippen LogP contribution is 2.19. The van der Waals surface area contributed by atoms with Gasteiger partial charge in [-0.1, -0.05) is 12.1 Å². The van der Waals surface area contributed by atoms with Crippen molar-refractivity contribution < 1.29 is 9.53 Å². The predicted octanol–water partition coefficient (Wildman–Crippen LogP) is 2.69. The molecule has 0 atom stereocenters. The van der Waals surface area contributed by atoms with Gasteiger partial charge in [-0.2, -0.15) is 0 Å². The largest absolute Gasteiger partial charge is 0.465 e. The van der Waals surface area contributed by atoms with Gasteiger partial charge in [0.25, 0.3) is 0 Å². The predicted molar refractivity (Wildman–Crippen MR) is 85.9 cm³/mol. The molecule has 0 saturated heterocycles. The van der Waals surface area contributed by atoms with Crippen LogP contribution >= 0.6 is 0 Å². The Kier molecular flexibility index (Phi) is 4.52. The molecule has 1 N–H and O–H groups in total. The minimum absolute atomic E-state index is 0.335. The molecule has 3 rings (SSSR count). The van der Waals surface area contributed by atoms with E-state index < -0.39 is 0 Å². The quantitative estimate of drug-likeness (QED) is 0.710. The van der Waals surface area contributed by atoms with Gasteiger partial charge in [-0.15, -0.1) is 0 Å². The highest BCUT2D eigenvalue weighted by molar-refractivity contribution is 5.89. The molecule has 0 aliphatic heterocycles. The zero-order chi connectivity index (χ0) is 16.1. The molecule has 23 heavy (non-hydrogen) atoms. The summed E-state index contributed by atoms with van der Waals surface area (Å²) in [6.07, 6.45) is 9.22. The average Bonchev–Trinajstić information content (AvgIpc) is 3.26. The van der Waals surface area contributed by atoms with Gasteiger partial charge in [0, 0.05) is 43.3 Å². The number of hydrogen-bond donors (Lipinski definition) is 1. The molecule has 0 spiro atoms. The van der Waals surface area contributed by atoms with Crippen LogP contribution in [0.4, 0.5) is 0 Å². The van der Waals surface area contributed by atoms with Gasteiger partial charge in [-0.25, -0.2) is 14.8 Å². The number of esters is 1. The fraction of sp³-hybridized carbons (Fsp3) is 0.235. The maximum Gasteiger partial charge on any atom is 0.337 e. The Morgan fingerprint density at radius 1 is 1.22 bits per heavy atom. The van der Waals surface area contributed by atoms with E-state index in [2.05, 4.69) is 19.5 Å². The minimum Gasteiger partial charge on any atom is -0.465 e. The van der Waals surface area contributed by atoms with E-state index in [-0.39, 0.29) is 5.97 Å². The van der Waals surface area contributed by atoms with Gasteiger partial charge >= 0.3 is 5.97 Å². The summed E-state index contributed by atoms with van der Waals surface area (Å²) < 4.78 is 6.82. The second kappa shape index (κ2) is 6.91. The number of aromatic nitrogens is 4. The number of H-pyrrole nitrogens is 1. The first-order valence-corrected chi connectivity index (χ1v) is 7.46. The topological polar surface area (TPSA) is 72.8 Å². The molecule has 0 fully saturated rings. The number of rotatable bonds is 6. The van der Waals surface area contributed by atoms with Gasteiger partial charge in [0.15, 0.2) is 0 Å². The van der Waals surface area contributed by atoms with Crippen molar-refractivity contribution in [2.75, 3.05) is 7.11 Å². The van der Waals surface area contributed by atoms with Crippen molar-refractivity contribution in [3.05, 3.63) is 60.4 Å². The molecule has 0 unspecified atom stereocenters. The Morgan fingerprint density at radius 2 is 2.04 bits per heavy atom. The van der Waals surface area contributed by atoms with Crippen molar-refractivity contribution in [2.45, 2.75) is 19.4 Å². The molecule has 118 valence electrons. The Labute approximate surface area is 134 Å². The van der Waals surface area contributed by atoms with Gasteiger partial charge in [-0.3, -0.25) is 0 Å². The Morgan fingerprint density at radius 3 is 2.74 bits per heavy atom. The van der Waals surface area contributed by atoms with Crippen LogP contribution in [0.5, 0.6) is 0 Å². The van der Waals surface area contributed by atoms with Gasteiger partial charge in [-0.05, 0) is 18.6 Å². The third kappa shape index (κ3) is 3.48. The molecule has 0 amide bonds. The van der Waals surface area contributed by atoms with Crippen LogP contribution in [-0.4, -0.2) is 32.6 Å². The van der Waals surface area contributed by atoms with Crippen LogP contribution in [0.2, 0.25) is 0 Å². The van der Waals surface area contributed by atoms with Gasteiger partial charge in [0.1, 0.15) is 11.6 Å². The lowest BCUT2D eigenvalue weighted by Gasteiger charge is -2.08. The van der Waals surface area contributed by atoms with Crippen LogP contribution in [0.1, 0.15) is 22.6 Å². The summed E-state index contributed by atoms with van der Waals surface area (Å²) in [5, 5.41) is 0. The Hall–Kier alpha value is -2.89. The molecule has 6 nitrogen and oxygen atoms in total. The van der Waals surface area contributed by atoms with Crippen molar-refractivity contribution in [3.8, 4) is 11.4 Å². The number of imidazole rings is 2. The fourth-order valence-corrected chi connectivity index (χ4v) is 2.47. The first-order chi connectivity index (χ1) is 11.3. The van der Waals surface area contributed by atoms with E-state index in [1.807, 2.05) is 24.5 Å². The van der Waals surface area contributed by atoms with E-state index in [4.69, 9.17) is 4.74 Å². The van der Waals surface area contributed by atoms with Crippen molar-refractivity contribution in [1.29, 1.82) is 0 Å². The number of ether oxygens (including phenoxy) is 1. The highest BCUT2D eigenvalue weighted by atomic mass is 16.5. The lowest BCUT2D eigenvalue weighted by molar-refractivity contribution is 0.0601. The van der Waals surface area contributed by atoms with Crippen molar-refractivity contribution in [1.82, 2.24) is 19.5 Å². The second-order valence-corrected chi connectivity index (χ2v) is 5.15. The Balaban J connectivity index is 1.69. The molecule has 0 bridgehead atoms. The first-order valence-electron chi connectivity index (χ1n) is 7.46. The second-order valence-electron chi connectivity index (χ2n) is 5.15. The van der Waals surface area contributed by atoms with Crippen LogP contribution in [0.15, 0.2) is 49.1 Å². The third-order valence-corrected chi connectivity index (χ3v) is 3.65. The molecule has 2 aromatic heterocycles. The number of nitrogens with one attached hydrogen (secondary N) is 1. The van der Waals surface area contributed by atoms with E-state index in [1.54, 1.807) is 24.5 Å². The molecule has 0 aliphatic rings. The van der Waals surface area contributed by atoms with Crippen LogP contribution < -0.4 is 0 Å². The molecular weight excluding hydrogens is 292 g/mol. The zero-order valence-electron chi connectivity index (χ0n) is 12.9. The number of benzene rings is 1. The number of methoxy groups -OCH3 is 1. The van der Waals surface area contributed by atoms with Crippen LogP contribution in [0, 0.1) is 0 Å². The smallest absolute Gasteiger partial charge is 0.337 e. The zero-order valence-corrected chi connectivity index (χ0v) is 12.9. The number of carbonyl (C=O) groups excluding carboxylic acids is 1. The summed E-state index contributed by atoms with van der Waals surface area (Å²) in [7, 11) is 1.38. The van der Waals surface area contributed by atoms with E-state index >= 15 is 0 Å². The Bertz CT molecular complexity index is 760. The maximum atomic E-state index is 11.5. The van der Waals surface area contributed by atoms with E-state index in [0.717, 1.165) is 36.6 Å². The standard InChI is InChI=1S/C17H18N4O2/c1-23-17(22)14-6-4-13(5-7-14)16-20-10-12-21(16)11-2-3-15-18-8-9-19-15/h4-10,12H,2-3,11H2,1H3,(H,18,19). The van der Waals surface area contributed by atoms with E-state index in [0.29, 0.717) is 5.56 Å².